The molecule has 0 aliphatic heterocycles. The Balaban J connectivity index is 1.10. The van der Waals surface area contributed by atoms with Gasteiger partial charge in [-0.3, -0.25) is 4.98 Å². The number of carbonyl (C=O) groups excluding carboxylic acids is 2. The molecule has 7 aromatic rings. The Bertz CT molecular complexity index is 2070. The van der Waals surface area contributed by atoms with Gasteiger partial charge in [-0.2, -0.15) is 0 Å². The number of ether oxygens (including phenoxy) is 6. The van der Waals surface area contributed by atoms with Crippen molar-refractivity contribution in [3.05, 3.63) is 102 Å². The third-order valence-electron chi connectivity index (χ3n) is 8.28. The minimum Gasteiger partial charge on any atom is -0.497 e. The number of fused-ring (bicyclic) bond motifs is 6. The minimum absolute atomic E-state index is 0.0926. The third kappa shape index (κ3) is 5.34. The smallest absolute Gasteiger partial charge is 0.419 e. The summed E-state index contributed by atoms with van der Waals surface area (Å²) in [5.74, 6) is 2.66. The molecule has 0 saturated heterocycles. The van der Waals surface area contributed by atoms with E-state index >= 15 is 0 Å². The lowest BCUT2D eigenvalue weighted by Gasteiger charge is -2.10. The molecule has 0 bridgehead atoms. The summed E-state index contributed by atoms with van der Waals surface area (Å²) in [6, 6.07) is 27.2. The molecule has 0 N–H and O–H groups in total. The average molecular weight is 646 g/mol. The third-order valence-corrected chi connectivity index (χ3v) is 8.28. The first kappa shape index (κ1) is 30.4. The molecule has 0 spiro atoms. The van der Waals surface area contributed by atoms with Gasteiger partial charge >= 0.3 is 12.2 Å². The van der Waals surface area contributed by atoms with Gasteiger partial charge in [0.1, 0.15) is 36.2 Å². The van der Waals surface area contributed by atoms with E-state index in [0.29, 0.717) is 56.5 Å². The van der Waals surface area contributed by atoms with Gasteiger partial charge in [-0.1, -0.05) is 6.07 Å². The zero-order valence-corrected chi connectivity index (χ0v) is 26.7. The van der Waals surface area contributed by atoms with Crippen LogP contribution in [0.2, 0.25) is 0 Å². The topological polar surface area (TPSA) is 112 Å². The van der Waals surface area contributed by atoms with E-state index in [-0.39, 0.29) is 13.2 Å². The highest BCUT2D eigenvalue weighted by atomic mass is 16.6. The Morgan fingerprint density at radius 3 is 1.10 bits per heavy atom. The molecule has 0 unspecified atom stereocenters. The maximum absolute atomic E-state index is 13.5. The van der Waals surface area contributed by atoms with E-state index in [0.717, 1.165) is 21.5 Å². The van der Waals surface area contributed by atoms with Gasteiger partial charge in [-0.15, -0.1) is 0 Å². The molecule has 48 heavy (non-hydrogen) atoms. The number of rotatable bonds is 8. The molecule has 11 nitrogen and oxygen atoms in total. The van der Waals surface area contributed by atoms with Gasteiger partial charge in [0.2, 0.25) is 0 Å². The normalized spacial score (nSPS) is 11.2. The maximum Gasteiger partial charge on any atom is 0.419 e. The van der Waals surface area contributed by atoms with Gasteiger partial charge in [0.15, 0.2) is 0 Å². The Kier molecular flexibility index (Phi) is 7.94. The summed E-state index contributed by atoms with van der Waals surface area (Å²) < 4.78 is 36.2. The number of benzene rings is 4. The van der Waals surface area contributed by atoms with Crippen molar-refractivity contribution in [3.8, 4) is 23.0 Å². The van der Waals surface area contributed by atoms with Crippen molar-refractivity contribution in [1.29, 1.82) is 0 Å². The molecule has 11 heteroatoms. The van der Waals surface area contributed by atoms with Crippen LogP contribution < -0.4 is 18.9 Å². The number of carbonyl (C=O) groups is 2. The van der Waals surface area contributed by atoms with Gasteiger partial charge in [0.25, 0.3) is 0 Å². The second-order valence-electron chi connectivity index (χ2n) is 10.9. The second kappa shape index (κ2) is 12.5. The van der Waals surface area contributed by atoms with Crippen LogP contribution in [0.25, 0.3) is 43.6 Å². The standard InChI is InChI=1S/C37H31N3O8/c1-43-24-8-12-32-28(16-24)29-17-25(44-2)9-13-33(29)39(32)36(41)47-20-22-6-5-7-23(38-22)21-48-37(42)40-34-14-10-26(45-3)18-30(34)31-19-27(46-4)11-15-35(31)40/h5-19H,20-21H2,1-4H3. The molecule has 0 radical (unpaired) electrons. The summed E-state index contributed by atoms with van der Waals surface area (Å²) in [4.78, 5) is 31.6. The molecular formula is C37H31N3O8. The van der Waals surface area contributed by atoms with Crippen LogP contribution >= 0.6 is 0 Å². The highest BCUT2D eigenvalue weighted by Gasteiger charge is 2.21. The Morgan fingerprint density at radius 1 is 0.500 bits per heavy atom. The molecule has 3 aromatic heterocycles. The Labute approximate surface area is 274 Å². The fraction of sp³-hybridized carbons (Fsp3) is 0.162. The highest BCUT2D eigenvalue weighted by Crippen LogP contribution is 2.35. The van der Waals surface area contributed by atoms with Crippen LogP contribution in [0.5, 0.6) is 23.0 Å². The van der Waals surface area contributed by atoms with Crippen LogP contribution in [0.3, 0.4) is 0 Å². The number of aromatic nitrogens is 3. The van der Waals surface area contributed by atoms with Crippen molar-refractivity contribution in [3.63, 3.8) is 0 Å². The van der Waals surface area contributed by atoms with Crippen molar-refractivity contribution in [2.24, 2.45) is 0 Å². The van der Waals surface area contributed by atoms with Gasteiger partial charge < -0.3 is 28.4 Å². The molecule has 0 saturated carbocycles. The van der Waals surface area contributed by atoms with Gasteiger partial charge in [0.05, 0.1) is 61.9 Å². The van der Waals surface area contributed by atoms with E-state index < -0.39 is 12.2 Å². The summed E-state index contributed by atoms with van der Waals surface area (Å²) in [7, 11) is 6.38. The zero-order chi connectivity index (χ0) is 33.4. The summed E-state index contributed by atoms with van der Waals surface area (Å²) >= 11 is 0. The van der Waals surface area contributed by atoms with Crippen LogP contribution in [0.4, 0.5) is 9.59 Å². The lowest BCUT2D eigenvalue weighted by atomic mass is 10.1. The van der Waals surface area contributed by atoms with Gasteiger partial charge in [-0.05, 0) is 84.9 Å². The first-order valence-electron chi connectivity index (χ1n) is 15.0. The number of nitrogens with zero attached hydrogens (tertiary/aromatic N) is 3. The van der Waals surface area contributed by atoms with Crippen molar-refractivity contribution in [2.45, 2.75) is 13.2 Å². The average Bonchev–Trinajstić information content (AvgIpc) is 3.64. The molecule has 0 aliphatic rings. The first-order valence-corrected chi connectivity index (χ1v) is 15.0. The van der Waals surface area contributed by atoms with Crippen LogP contribution in [0.1, 0.15) is 11.4 Å². The monoisotopic (exact) mass is 645 g/mol. The van der Waals surface area contributed by atoms with Crippen molar-refractivity contribution >= 4 is 55.8 Å². The van der Waals surface area contributed by atoms with Crippen LogP contribution in [-0.4, -0.2) is 54.7 Å². The number of hydrogen-bond donors (Lipinski definition) is 0. The molecular weight excluding hydrogens is 614 g/mol. The molecule has 242 valence electrons. The van der Waals surface area contributed by atoms with Crippen LogP contribution in [-0.2, 0) is 22.7 Å². The number of hydrogen-bond acceptors (Lipinski definition) is 9. The highest BCUT2D eigenvalue weighted by molar-refractivity contribution is 6.14. The molecule has 4 aromatic carbocycles. The molecule has 3 heterocycles. The predicted molar refractivity (Wildman–Crippen MR) is 180 cm³/mol. The Morgan fingerprint density at radius 2 is 0.812 bits per heavy atom. The number of pyridine rings is 1. The zero-order valence-electron chi connectivity index (χ0n) is 26.7. The number of methoxy groups -OCH3 is 4. The summed E-state index contributed by atoms with van der Waals surface area (Å²) in [6.07, 6.45) is -1.13. The van der Waals surface area contributed by atoms with E-state index in [1.807, 2.05) is 48.5 Å². The predicted octanol–water partition coefficient (Wildman–Crippen LogP) is 7.70. The Hall–Kier alpha value is -6.23. The largest absolute Gasteiger partial charge is 0.497 e. The van der Waals surface area contributed by atoms with E-state index in [2.05, 4.69) is 4.98 Å². The SMILES string of the molecule is COc1ccc2c(c1)c1cc(OC)ccc1n2C(=O)OCc1cccc(COC(=O)n2c3ccc(OC)cc3c3cc(OC)ccc32)n1. The van der Waals surface area contributed by atoms with Crippen LogP contribution in [0.15, 0.2) is 91.0 Å². The van der Waals surface area contributed by atoms with Crippen LogP contribution in [0, 0.1) is 0 Å². The fourth-order valence-electron chi connectivity index (χ4n) is 5.95. The lowest BCUT2D eigenvalue weighted by molar-refractivity contribution is 0.139. The van der Waals surface area contributed by atoms with Gasteiger partial charge in [0, 0.05) is 21.5 Å². The molecule has 7 rings (SSSR count). The van der Waals surface area contributed by atoms with Gasteiger partial charge in [-0.25, -0.2) is 18.7 Å². The second-order valence-corrected chi connectivity index (χ2v) is 10.9. The fourth-order valence-corrected chi connectivity index (χ4v) is 5.95. The first-order chi connectivity index (χ1) is 23.4. The van der Waals surface area contributed by atoms with E-state index in [1.54, 1.807) is 70.9 Å². The maximum atomic E-state index is 13.5. The van der Waals surface area contributed by atoms with Crippen molar-refractivity contribution < 1.29 is 38.0 Å². The van der Waals surface area contributed by atoms with E-state index in [1.165, 1.54) is 9.13 Å². The summed E-state index contributed by atoms with van der Waals surface area (Å²) in [6.45, 7) is -0.185. The van der Waals surface area contributed by atoms with E-state index in [9.17, 15) is 9.59 Å². The summed E-state index contributed by atoms with van der Waals surface area (Å²) in [5.41, 5.74) is 3.66. The minimum atomic E-state index is -0.566. The quantitative estimate of drug-likeness (QED) is 0.164. The lowest BCUT2D eigenvalue weighted by Crippen LogP contribution is -2.15. The molecule has 0 fully saturated rings. The molecule has 0 amide bonds. The van der Waals surface area contributed by atoms with E-state index in [4.69, 9.17) is 28.4 Å². The van der Waals surface area contributed by atoms with Crippen molar-refractivity contribution in [2.75, 3.05) is 28.4 Å². The summed E-state index contributed by atoms with van der Waals surface area (Å²) in [5, 5.41) is 3.29. The molecule has 0 aliphatic carbocycles. The molecule has 0 atom stereocenters. The van der Waals surface area contributed by atoms with Crippen molar-refractivity contribution in [1.82, 2.24) is 14.1 Å².